The molecule has 0 aromatic carbocycles. The average molecular weight is 268 g/mol. The van der Waals surface area contributed by atoms with E-state index >= 15 is 0 Å². The van der Waals surface area contributed by atoms with Crippen molar-refractivity contribution in [3.63, 3.8) is 0 Å². The van der Waals surface area contributed by atoms with Crippen molar-refractivity contribution in [2.45, 2.75) is 33.2 Å². The van der Waals surface area contributed by atoms with Gasteiger partial charge in [-0.25, -0.2) is 4.79 Å². The third kappa shape index (κ3) is 4.65. The topological polar surface area (TPSA) is 82.8 Å². The summed E-state index contributed by atoms with van der Waals surface area (Å²) in [7, 11) is 0. The van der Waals surface area contributed by atoms with Crippen molar-refractivity contribution < 1.29 is 19.1 Å². The Morgan fingerprint density at radius 2 is 2.16 bits per heavy atom. The highest BCUT2D eigenvalue weighted by molar-refractivity contribution is 5.75. The van der Waals surface area contributed by atoms with Crippen LogP contribution in [0.3, 0.4) is 0 Å². The summed E-state index contributed by atoms with van der Waals surface area (Å²) in [6.45, 7) is 6.12. The van der Waals surface area contributed by atoms with Gasteiger partial charge >= 0.3 is 12.0 Å². The molecule has 1 atom stereocenters. The average Bonchev–Trinajstić information content (AvgIpc) is 2.76. The standard InChI is InChI=1S/C13H20N2O4/c1-4-15(8-7-12(16)17)13(18)14-10(3)11-6-5-9(2)19-11/h5-6,10H,4,7-8H2,1-3H3,(H,14,18)(H,16,17). The SMILES string of the molecule is CCN(CCC(=O)O)C(=O)NC(C)c1ccc(C)o1. The van der Waals surface area contributed by atoms with Crippen LogP contribution >= 0.6 is 0 Å². The lowest BCUT2D eigenvalue weighted by atomic mass is 10.2. The van der Waals surface area contributed by atoms with Crippen molar-refractivity contribution >= 4 is 12.0 Å². The third-order valence-corrected chi connectivity index (χ3v) is 2.79. The lowest BCUT2D eigenvalue weighted by molar-refractivity contribution is -0.137. The summed E-state index contributed by atoms with van der Waals surface area (Å²) in [5, 5.41) is 11.4. The van der Waals surface area contributed by atoms with E-state index in [1.165, 1.54) is 4.90 Å². The first-order valence-corrected chi connectivity index (χ1v) is 6.27. The molecule has 2 N–H and O–H groups in total. The predicted molar refractivity (Wildman–Crippen MR) is 69.9 cm³/mol. The molecule has 0 radical (unpaired) electrons. The Morgan fingerprint density at radius 3 is 2.63 bits per heavy atom. The van der Waals surface area contributed by atoms with Gasteiger partial charge in [0.05, 0.1) is 12.5 Å². The monoisotopic (exact) mass is 268 g/mol. The molecule has 0 saturated heterocycles. The highest BCUT2D eigenvalue weighted by atomic mass is 16.4. The van der Waals surface area contributed by atoms with E-state index in [0.29, 0.717) is 12.3 Å². The summed E-state index contributed by atoms with van der Waals surface area (Å²) in [5.41, 5.74) is 0. The Bertz CT molecular complexity index is 442. The second-order valence-corrected chi connectivity index (χ2v) is 4.34. The number of carbonyl (C=O) groups is 2. The van der Waals surface area contributed by atoms with E-state index in [-0.39, 0.29) is 25.0 Å². The Morgan fingerprint density at radius 1 is 1.47 bits per heavy atom. The Hall–Kier alpha value is -1.98. The highest BCUT2D eigenvalue weighted by Crippen LogP contribution is 2.15. The van der Waals surface area contributed by atoms with Gasteiger partial charge in [-0.05, 0) is 32.9 Å². The van der Waals surface area contributed by atoms with Gasteiger partial charge in [0.25, 0.3) is 0 Å². The molecule has 0 aliphatic rings. The minimum Gasteiger partial charge on any atom is -0.481 e. The van der Waals surface area contributed by atoms with Crippen LogP contribution in [0.4, 0.5) is 4.79 Å². The van der Waals surface area contributed by atoms with Crippen molar-refractivity contribution in [3.05, 3.63) is 23.7 Å². The van der Waals surface area contributed by atoms with Crippen molar-refractivity contribution in [3.8, 4) is 0 Å². The third-order valence-electron chi connectivity index (χ3n) is 2.79. The fourth-order valence-electron chi connectivity index (χ4n) is 1.67. The maximum absolute atomic E-state index is 12.0. The number of urea groups is 1. The first kappa shape index (κ1) is 15.1. The van der Waals surface area contributed by atoms with Gasteiger partial charge in [-0.15, -0.1) is 0 Å². The van der Waals surface area contributed by atoms with E-state index < -0.39 is 5.97 Å². The molecule has 0 fully saturated rings. The molecule has 0 bridgehead atoms. The number of furan rings is 1. The Labute approximate surface area is 112 Å². The molecule has 1 rings (SSSR count). The number of aliphatic carboxylic acids is 1. The van der Waals surface area contributed by atoms with Gasteiger partial charge in [-0.2, -0.15) is 0 Å². The van der Waals surface area contributed by atoms with E-state index in [1.807, 2.05) is 32.9 Å². The first-order chi connectivity index (χ1) is 8.93. The van der Waals surface area contributed by atoms with Crippen molar-refractivity contribution in [1.29, 1.82) is 0 Å². The van der Waals surface area contributed by atoms with Crippen molar-refractivity contribution in [1.82, 2.24) is 10.2 Å². The summed E-state index contributed by atoms with van der Waals surface area (Å²) >= 11 is 0. The number of amides is 2. The molecule has 0 spiro atoms. The molecule has 6 heteroatoms. The molecule has 0 aliphatic heterocycles. The van der Waals surface area contributed by atoms with Crippen LogP contribution in [0.5, 0.6) is 0 Å². The van der Waals surface area contributed by atoms with Crippen LogP contribution < -0.4 is 5.32 Å². The zero-order chi connectivity index (χ0) is 14.4. The number of nitrogens with one attached hydrogen (secondary N) is 1. The minimum atomic E-state index is -0.916. The summed E-state index contributed by atoms with van der Waals surface area (Å²) in [6.07, 6.45) is -0.0600. The molecule has 1 heterocycles. The summed E-state index contributed by atoms with van der Waals surface area (Å²) in [6, 6.07) is 3.11. The molecule has 0 saturated carbocycles. The number of carbonyl (C=O) groups excluding carboxylic acids is 1. The van der Waals surface area contributed by atoms with E-state index in [9.17, 15) is 9.59 Å². The first-order valence-electron chi connectivity index (χ1n) is 6.27. The van der Waals surface area contributed by atoms with Crippen molar-refractivity contribution in [2.24, 2.45) is 0 Å². The molecule has 1 aromatic rings. The zero-order valence-electron chi connectivity index (χ0n) is 11.5. The summed E-state index contributed by atoms with van der Waals surface area (Å²) in [4.78, 5) is 23.9. The van der Waals surface area contributed by atoms with E-state index in [2.05, 4.69) is 5.32 Å². The maximum Gasteiger partial charge on any atom is 0.317 e. The van der Waals surface area contributed by atoms with Gasteiger partial charge in [0.1, 0.15) is 11.5 Å². The molecule has 6 nitrogen and oxygen atoms in total. The maximum atomic E-state index is 12.0. The second-order valence-electron chi connectivity index (χ2n) is 4.34. The van der Waals surface area contributed by atoms with Crippen LogP contribution in [-0.4, -0.2) is 35.1 Å². The predicted octanol–water partition coefficient (Wildman–Crippen LogP) is 2.16. The van der Waals surface area contributed by atoms with E-state index in [1.54, 1.807) is 0 Å². The number of aryl methyl sites for hydroxylation is 1. The minimum absolute atomic E-state index is 0.0600. The van der Waals surface area contributed by atoms with Gasteiger partial charge in [0, 0.05) is 13.1 Å². The summed E-state index contributed by atoms with van der Waals surface area (Å²) < 4.78 is 5.43. The van der Waals surface area contributed by atoms with E-state index in [0.717, 1.165) is 5.76 Å². The quantitative estimate of drug-likeness (QED) is 0.828. The molecule has 1 unspecified atom stereocenters. The summed E-state index contributed by atoms with van der Waals surface area (Å²) in [5.74, 6) is 0.551. The lowest BCUT2D eigenvalue weighted by Crippen LogP contribution is -2.41. The molecule has 2 amide bonds. The molecular formula is C13H20N2O4. The molecular weight excluding hydrogens is 248 g/mol. The van der Waals surface area contributed by atoms with Crippen LogP contribution in [0, 0.1) is 6.92 Å². The number of nitrogens with zero attached hydrogens (tertiary/aromatic N) is 1. The number of hydrogen-bond donors (Lipinski definition) is 2. The highest BCUT2D eigenvalue weighted by Gasteiger charge is 2.17. The largest absolute Gasteiger partial charge is 0.481 e. The van der Waals surface area contributed by atoms with Crippen LogP contribution in [0.1, 0.15) is 37.8 Å². The Kier molecular flexibility index (Phi) is 5.41. The second kappa shape index (κ2) is 6.82. The zero-order valence-corrected chi connectivity index (χ0v) is 11.5. The number of hydrogen-bond acceptors (Lipinski definition) is 3. The van der Waals surface area contributed by atoms with Gasteiger partial charge < -0.3 is 19.7 Å². The van der Waals surface area contributed by atoms with Crippen LogP contribution in [0.25, 0.3) is 0 Å². The molecule has 0 aliphatic carbocycles. The van der Waals surface area contributed by atoms with Crippen LogP contribution in [0.15, 0.2) is 16.5 Å². The molecule has 106 valence electrons. The molecule has 19 heavy (non-hydrogen) atoms. The van der Waals surface area contributed by atoms with Gasteiger partial charge in [-0.3, -0.25) is 4.79 Å². The van der Waals surface area contributed by atoms with Gasteiger partial charge in [0.15, 0.2) is 0 Å². The van der Waals surface area contributed by atoms with E-state index in [4.69, 9.17) is 9.52 Å². The fraction of sp³-hybridized carbons (Fsp3) is 0.538. The number of carboxylic acid groups (broad SMARTS) is 1. The van der Waals surface area contributed by atoms with Gasteiger partial charge in [0.2, 0.25) is 0 Å². The number of rotatable bonds is 6. The smallest absolute Gasteiger partial charge is 0.317 e. The Balaban J connectivity index is 2.54. The lowest BCUT2D eigenvalue weighted by Gasteiger charge is -2.22. The van der Waals surface area contributed by atoms with Crippen molar-refractivity contribution in [2.75, 3.05) is 13.1 Å². The number of carboxylic acids is 1. The van der Waals surface area contributed by atoms with Crippen LogP contribution in [0.2, 0.25) is 0 Å². The van der Waals surface area contributed by atoms with Gasteiger partial charge in [-0.1, -0.05) is 0 Å². The fourth-order valence-corrected chi connectivity index (χ4v) is 1.67. The van der Waals surface area contributed by atoms with Crippen LogP contribution in [-0.2, 0) is 4.79 Å². The normalized spacial score (nSPS) is 11.9. The molecule has 1 aromatic heterocycles.